The second-order valence-electron chi connectivity index (χ2n) is 37.7. The summed E-state index contributed by atoms with van der Waals surface area (Å²) in [7, 11) is 4.52. The number of nitrogens with zero attached hydrogens (tertiary/aromatic N) is 14. The normalized spacial score (nSPS) is 26.9. The van der Waals surface area contributed by atoms with Crippen LogP contribution in [0.5, 0.6) is 0 Å². The van der Waals surface area contributed by atoms with Crippen LogP contribution in [0.4, 0.5) is 22.5 Å². The van der Waals surface area contributed by atoms with E-state index in [1.54, 1.807) is 65.3 Å². The number of piperazine rings is 1. The summed E-state index contributed by atoms with van der Waals surface area (Å²) in [6.45, 7) is 20.2. The molecule has 1 aliphatic carbocycles. The SMILES string of the molecule is CO[C@H]1C[C@@H]2CC[C@@H](C)[C@@](O)(O2)C(=O)C(=O)N2CCCC[C@H]2C(=O)OC([C@H](C)C[C@@H]2CC[C@@H](OC(=O)N3CCc4nc(N5CCN(c6ncc(C(=O)NCCOCCOCCOCCOCCC(=O)N7CCc8cc(Cn9nc(-c%10cnc%11[nH]ccc%11c%10)c%10c(N)ncnc%109)ccc8C7)cn6)CC5)ncc4C3)[C@H](OC)C2)CC(=O)[C@H](C)/C=C(\C)[C@@H](O)[C@@H](OC)C(=O)[C@H](C)C[C@H](C)/C=C/C=C/C=C/1C. The number of pyridine rings is 1. The fourth-order valence-electron chi connectivity index (χ4n) is 19.7. The molecule has 0 radical (unpaired) electrons. The maximum Gasteiger partial charge on any atom is 0.410 e. The number of H-pyrrole nitrogens is 1. The summed E-state index contributed by atoms with van der Waals surface area (Å²) in [4.78, 5) is 157. The summed E-state index contributed by atoms with van der Waals surface area (Å²) in [5.74, 6) is -7.60. The van der Waals surface area contributed by atoms with Gasteiger partial charge in [-0.3, -0.25) is 28.8 Å². The van der Waals surface area contributed by atoms with E-state index in [1.807, 2.05) is 84.0 Å². The number of methoxy groups -OCH3 is 3. The summed E-state index contributed by atoms with van der Waals surface area (Å²) in [6.07, 6.45) is 20.7. The van der Waals surface area contributed by atoms with Gasteiger partial charge in [-0.1, -0.05) is 89.3 Å². The van der Waals surface area contributed by atoms with Crippen molar-refractivity contribution in [2.24, 2.45) is 35.5 Å². The van der Waals surface area contributed by atoms with E-state index in [0.717, 1.165) is 51.0 Å². The van der Waals surface area contributed by atoms with Crippen molar-refractivity contribution in [3.8, 4) is 11.3 Å². The molecule has 12 heterocycles. The number of cyclic esters (lactones) is 1. The molecule has 4 fully saturated rings. The molecular formula is C101H135N17O20. The van der Waals surface area contributed by atoms with Crippen LogP contribution in [0.1, 0.15) is 170 Å². The summed E-state index contributed by atoms with van der Waals surface area (Å²) in [5, 5.41) is 33.4. The zero-order chi connectivity index (χ0) is 97.7. The monoisotopic (exact) mass is 1910 g/mol. The zero-order valence-electron chi connectivity index (χ0n) is 81.0. The highest BCUT2D eigenvalue weighted by Gasteiger charge is 2.54. The predicted octanol–water partition coefficient (Wildman–Crippen LogP) is 9.37. The van der Waals surface area contributed by atoms with Crippen molar-refractivity contribution in [3.05, 3.63) is 149 Å². The number of Topliss-reactive ketones (excluding diaryl/α,β-unsaturated/α-hetero) is 3. The van der Waals surface area contributed by atoms with E-state index >= 15 is 0 Å². The lowest BCUT2D eigenvalue weighted by Crippen LogP contribution is -2.61. The number of hydrogen-bond donors (Lipinski definition) is 5. The molecule has 6 aliphatic heterocycles. The molecule has 744 valence electrons. The Kier molecular flexibility index (Phi) is 36.1. The molecule has 6 aromatic heterocycles. The molecule has 1 unspecified atom stereocenters. The fraction of sp³-hybridized carbons (Fsp3) is 0.584. The number of carbonyl (C=O) groups is 8. The quantitative estimate of drug-likeness (QED) is 0.0132. The number of ketones is 3. The van der Waals surface area contributed by atoms with Gasteiger partial charge in [0.25, 0.3) is 17.6 Å². The topological polar surface area (TPSA) is 447 Å². The van der Waals surface area contributed by atoms with E-state index in [-0.39, 0.29) is 87.1 Å². The first-order valence-corrected chi connectivity index (χ1v) is 48.6. The van der Waals surface area contributed by atoms with Crippen LogP contribution < -0.4 is 20.9 Å². The van der Waals surface area contributed by atoms with Gasteiger partial charge in [0.05, 0.1) is 107 Å². The third-order valence-corrected chi connectivity index (χ3v) is 27.9. The molecule has 7 aliphatic rings. The van der Waals surface area contributed by atoms with Gasteiger partial charge in [0.2, 0.25) is 23.6 Å². The highest BCUT2D eigenvalue weighted by atomic mass is 16.6. The number of aromatic amines is 1. The number of esters is 1. The van der Waals surface area contributed by atoms with Gasteiger partial charge in [0.1, 0.15) is 59.7 Å². The van der Waals surface area contributed by atoms with E-state index < -0.39 is 102 Å². The Balaban J connectivity index is 0.478. The van der Waals surface area contributed by atoms with E-state index in [0.29, 0.717) is 208 Å². The van der Waals surface area contributed by atoms with Gasteiger partial charge in [0.15, 0.2) is 11.4 Å². The number of fused-ring (bicyclic) bond motifs is 7. The van der Waals surface area contributed by atoms with Crippen molar-refractivity contribution in [2.45, 2.75) is 219 Å². The average molecular weight is 1910 g/mol. The average Bonchev–Trinajstić information content (AvgIpc) is 1.26. The number of aliphatic hydroxyl groups is 2. The molecule has 138 heavy (non-hydrogen) atoms. The Morgan fingerprint density at radius 2 is 1.43 bits per heavy atom. The molecular weight excluding hydrogens is 1770 g/mol. The number of hydrogen-bond acceptors (Lipinski definition) is 31. The number of piperidine rings is 1. The van der Waals surface area contributed by atoms with Crippen LogP contribution in [0, 0.1) is 35.5 Å². The highest BCUT2D eigenvalue weighted by molar-refractivity contribution is 6.39. The molecule has 37 heteroatoms. The van der Waals surface area contributed by atoms with Crippen molar-refractivity contribution >= 4 is 86.9 Å². The van der Waals surface area contributed by atoms with Crippen molar-refractivity contribution < 1.29 is 95.9 Å². The maximum absolute atomic E-state index is 14.9. The predicted molar refractivity (Wildman–Crippen MR) is 512 cm³/mol. The maximum atomic E-state index is 14.9. The van der Waals surface area contributed by atoms with Gasteiger partial charge in [0, 0.05) is 165 Å². The minimum Gasteiger partial charge on any atom is -0.460 e. The summed E-state index contributed by atoms with van der Waals surface area (Å²) in [5.41, 5.74) is 15.8. The van der Waals surface area contributed by atoms with Gasteiger partial charge in [-0.2, -0.15) is 5.10 Å². The third-order valence-electron chi connectivity index (χ3n) is 27.9. The minimum atomic E-state index is -2.49. The number of ether oxygens (including phenoxy) is 10. The number of amides is 4. The van der Waals surface area contributed by atoms with Crippen LogP contribution in [-0.2, 0) is 109 Å². The number of rotatable bonds is 28. The van der Waals surface area contributed by atoms with Crippen molar-refractivity contribution in [2.75, 3.05) is 142 Å². The molecule has 2 bridgehead atoms. The van der Waals surface area contributed by atoms with E-state index in [2.05, 4.69) is 58.3 Å². The van der Waals surface area contributed by atoms with Crippen molar-refractivity contribution in [1.29, 1.82) is 0 Å². The lowest BCUT2D eigenvalue weighted by Gasteiger charge is -2.42. The molecule has 4 amide bonds. The van der Waals surface area contributed by atoms with Crippen LogP contribution >= 0.6 is 0 Å². The van der Waals surface area contributed by atoms with Crippen LogP contribution in [0.3, 0.4) is 0 Å². The number of aromatic nitrogens is 10. The third kappa shape index (κ3) is 25.9. The van der Waals surface area contributed by atoms with Gasteiger partial charge in [-0.05, 0) is 142 Å². The first kappa shape index (κ1) is 103. The smallest absolute Gasteiger partial charge is 0.410 e. The molecule has 15 atom stereocenters. The Morgan fingerprint density at radius 3 is 2.17 bits per heavy atom. The van der Waals surface area contributed by atoms with E-state index in [4.69, 9.17) is 68.2 Å². The first-order valence-electron chi connectivity index (χ1n) is 48.6. The number of benzene rings is 1. The van der Waals surface area contributed by atoms with E-state index in [1.165, 1.54) is 36.3 Å². The molecule has 6 N–H and O–H groups in total. The fourth-order valence-corrected chi connectivity index (χ4v) is 19.7. The number of nitrogen functional groups attached to an aromatic ring is 1. The Bertz CT molecular complexity index is 5500. The Hall–Kier alpha value is -11.3. The minimum absolute atomic E-state index is 0.0248. The number of nitrogens with two attached hydrogens (primary N) is 1. The number of anilines is 3. The van der Waals surface area contributed by atoms with Gasteiger partial charge in [-0.25, -0.2) is 49.2 Å². The van der Waals surface area contributed by atoms with Gasteiger partial charge < -0.3 is 98.1 Å². The lowest BCUT2D eigenvalue weighted by atomic mass is 9.78. The standard InChI is InChI=1S/C101H135N17O20/c1-62-16-12-11-13-17-63(2)82(129-8)52-77-23-19-68(7)101(128,138-77)91(123)96(125)117-31-15-14-18-79(117)97(126)136-83(53-80(119)64(3)47-67(6)89(122)90(131-10)88(121)66(5)46-62)65(4)48-69-21-24-81(84(50-69)130-9)137-100(127)116-33-27-78-76(60-116)57-108-99(111-78)114-36-34-113(35-37-114)98-106-55-75(56-107-98)95(124)104-30-39-133-41-43-135-45-44-134-42-40-132-38-28-85(120)115-32-26-71-49-70(20-22-73(71)59-115)58-118-94-86(92(102)109-61-110-94)87(112-118)74-51-72-25-29-103-93(72)105-54-74/h11-13,16-17,20,22,25,29,47,49,51,54-57,61-62,64-66,68-69,77,79,81-84,89-90,122,128H,14-15,18-19,21,23-24,26-28,30-46,48,50,52-53,58-60H2,1-10H3,(H,103,105)(H,104,124)(H2,102,109,110)/b13-11+,16-12+,63-17+,67-47+/t62-,64-,65-,66-,68-,69+,77+,79+,81-,82+,83?,84-,89-,90+,101-/m1/s1. The number of aliphatic hydroxyl groups excluding tert-OH is 1. The van der Waals surface area contributed by atoms with Crippen LogP contribution in [0.25, 0.3) is 33.3 Å². The zero-order valence-corrected chi connectivity index (χ0v) is 81.0. The summed E-state index contributed by atoms with van der Waals surface area (Å²) >= 11 is 0. The molecule has 1 saturated carbocycles. The molecule has 14 rings (SSSR count). The number of allylic oxidation sites excluding steroid dienone is 6. The second kappa shape index (κ2) is 48.6. The Labute approximate surface area is 805 Å². The van der Waals surface area contributed by atoms with Crippen LogP contribution in [-0.4, -0.2) is 303 Å². The van der Waals surface area contributed by atoms with Crippen molar-refractivity contribution in [1.82, 2.24) is 69.7 Å². The molecule has 7 aromatic rings. The lowest BCUT2D eigenvalue weighted by molar-refractivity contribution is -0.265. The first-order chi connectivity index (χ1) is 66.6. The number of carbonyl (C=O) groups excluding carboxylic acids is 8. The van der Waals surface area contributed by atoms with Gasteiger partial charge in [-0.15, -0.1) is 0 Å². The molecule has 1 aromatic carbocycles. The van der Waals surface area contributed by atoms with Gasteiger partial charge >= 0.3 is 12.1 Å². The largest absolute Gasteiger partial charge is 0.460 e. The van der Waals surface area contributed by atoms with Crippen LogP contribution in [0.2, 0.25) is 0 Å². The van der Waals surface area contributed by atoms with Crippen molar-refractivity contribution in [3.63, 3.8) is 0 Å². The summed E-state index contributed by atoms with van der Waals surface area (Å²) < 4.78 is 61.2. The Morgan fingerprint density at radius 1 is 0.703 bits per heavy atom. The number of nitrogens with one attached hydrogen (secondary N) is 2. The molecule has 37 nitrogen and oxygen atoms in total. The van der Waals surface area contributed by atoms with Crippen LogP contribution in [0.15, 0.2) is 115 Å². The summed E-state index contributed by atoms with van der Waals surface area (Å²) in [6, 6.07) is 9.10. The molecule has 3 saturated heterocycles. The second-order valence-corrected chi connectivity index (χ2v) is 37.7. The van der Waals surface area contributed by atoms with E-state index in [9.17, 15) is 48.6 Å². The highest BCUT2D eigenvalue weighted by Crippen LogP contribution is 2.41. The molecule has 0 spiro atoms.